The molecule has 27 heavy (non-hydrogen) atoms. The number of thioether (sulfide) groups is 1. The summed E-state index contributed by atoms with van der Waals surface area (Å²) in [4.78, 5) is 11.2. The van der Waals surface area contributed by atoms with E-state index in [0.717, 1.165) is 36.8 Å². The molecule has 0 amide bonds. The Morgan fingerprint density at radius 3 is 2.67 bits per heavy atom. The third kappa shape index (κ3) is 4.92. The number of methoxy groups -OCH3 is 1. The van der Waals surface area contributed by atoms with Crippen molar-refractivity contribution in [2.75, 3.05) is 26.5 Å². The van der Waals surface area contributed by atoms with Crippen LogP contribution >= 0.6 is 11.8 Å². The second-order valence-electron chi connectivity index (χ2n) is 6.07. The Morgan fingerprint density at radius 1 is 1.26 bits per heavy atom. The summed E-state index contributed by atoms with van der Waals surface area (Å²) >= 11 is 1.63. The molecule has 6 nitrogen and oxygen atoms in total. The summed E-state index contributed by atoms with van der Waals surface area (Å²) in [7, 11) is 1.60. The third-order valence-corrected chi connectivity index (χ3v) is 5.07. The molecule has 0 atom stereocenters. The largest absolute Gasteiger partial charge is 0.489 e. The van der Waals surface area contributed by atoms with Gasteiger partial charge in [0.1, 0.15) is 17.9 Å². The van der Waals surface area contributed by atoms with Crippen molar-refractivity contribution < 1.29 is 9.47 Å². The molecule has 1 aromatic heterocycles. The molecule has 0 bridgehead atoms. The number of benzene rings is 1. The first-order chi connectivity index (χ1) is 13.2. The first-order valence-corrected chi connectivity index (χ1v) is 9.99. The fourth-order valence-corrected chi connectivity index (χ4v) is 3.56. The molecule has 140 valence electrons. The van der Waals surface area contributed by atoms with Gasteiger partial charge in [0.25, 0.3) is 0 Å². The first-order valence-electron chi connectivity index (χ1n) is 8.77. The Kier molecular flexibility index (Phi) is 6.55. The van der Waals surface area contributed by atoms with Gasteiger partial charge in [-0.25, -0.2) is 9.98 Å². The zero-order valence-corrected chi connectivity index (χ0v) is 16.3. The molecule has 0 spiro atoms. The predicted octanol–water partition coefficient (Wildman–Crippen LogP) is 3.86. The van der Waals surface area contributed by atoms with Crippen LogP contribution in [0.15, 0.2) is 47.6 Å². The van der Waals surface area contributed by atoms with Crippen LogP contribution in [-0.2, 0) is 0 Å². The van der Waals surface area contributed by atoms with Crippen LogP contribution < -0.4 is 9.47 Å². The van der Waals surface area contributed by atoms with Crippen LogP contribution in [0.5, 0.6) is 11.6 Å². The molecule has 7 heteroatoms. The zero-order chi connectivity index (χ0) is 19.1. The van der Waals surface area contributed by atoms with Gasteiger partial charge in [-0.3, -0.25) is 0 Å². The molecule has 1 aliphatic heterocycles. The van der Waals surface area contributed by atoms with Crippen molar-refractivity contribution in [2.45, 2.75) is 18.9 Å². The van der Waals surface area contributed by atoms with Crippen LogP contribution in [0, 0.1) is 11.3 Å². The van der Waals surface area contributed by atoms with Crippen LogP contribution in [0.4, 0.5) is 5.69 Å². The van der Waals surface area contributed by atoms with E-state index in [9.17, 15) is 5.26 Å². The number of hydrogen-bond donors (Lipinski definition) is 0. The van der Waals surface area contributed by atoms with Crippen molar-refractivity contribution >= 4 is 22.6 Å². The zero-order valence-electron chi connectivity index (χ0n) is 15.5. The van der Waals surface area contributed by atoms with Crippen LogP contribution in [0.3, 0.4) is 0 Å². The summed E-state index contributed by atoms with van der Waals surface area (Å²) < 4.78 is 11.1. The van der Waals surface area contributed by atoms with E-state index in [-0.39, 0.29) is 6.10 Å². The van der Waals surface area contributed by atoms with E-state index >= 15 is 0 Å². The number of rotatable bonds is 4. The summed E-state index contributed by atoms with van der Waals surface area (Å²) in [6, 6.07) is 13.3. The van der Waals surface area contributed by atoms with Gasteiger partial charge >= 0.3 is 0 Å². The lowest BCUT2D eigenvalue weighted by molar-refractivity contribution is 0.132. The Labute approximate surface area is 163 Å². The van der Waals surface area contributed by atoms with Crippen molar-refractivity contribution in [3.8, 4) is 17.7 Å². The summed E-state index contributed by atoms with van der Waals surface area (Å²) in [5, 5.41) is 10.2. The van der Waals surface area contributed by atoms with Crippen LogP contribution in [0.1, 0.15) is 18.4 Å². The number of ether oxygens (including phenoxy) is 2. The maximum Gasteiger partial charge on any atom is 0.213 e. The van der Waals surface area contributed by atoms with Gasteiger partial charge < -0.3 is 14.4 Å². The Hall–Kier alpha value is -2.72. The van der Waals surface area contributed by atoms with Gasteiger partial charge in [-0.2, -0.15) is 5.26 Å². The van der Waals surface area contributed by atoms with E-state index in [2.05, 4.69) is 16.0 Å². The topological polar surface area (TPSA) is 70.7 Å². The Balaban J connectivity index is 1.61. The van der Waals surface area contributed by atoms with Gasteiger partial charge in [0.2, 0.25) is 5.88 Å². The number of pyridine rings is 1. The van der Waals surface area contributed by atoms with Crippen LogP contribution in [0.25, 0.3) is 0 Å². The number of aromatic nitrogens is 1. The minimum Gasteiger partial charge on any atom is -0.489 e. The van der Waals surface area contributed by atoms with E-state index in [4.69, 9.17) is 14.5 Å². The highest BCUT2D eigenvalue weighted by Gasteiger charge is 2.23. The quantitative estimate of drug-likeness (QED) is 0.591. The van der Waals surface area contributed by atoms with Crippen molar-refractivity contribution in [1.29, 1.82) is 5.26 Å². The number of piperidine rings is 1. The van der Waals surface area contributed by atoms with E-state index in [1.165, 1.54) is 0 Å². The minimum absolute atomic E-state index is 0.113. The maximum atomic E-state index is 9.20. The molecular formula is C20H22N4O2S. The van der Waals surface area contributed by atoms with Gasteiger partial charge in [-0.1, -0.05) is 23.9 Å². The molecule has 2 aromatic rings. The van der Waals surface area contributed by atoms with Crippen molar-refractivity contribution in [1.82, 2.24) is 9.88 Å². The van der Waals surface area contributed by atoms with E-state index in [1.807, 2.05) is 36.6 Å². The number of aliphatic imine (C=N–C) groups is 1. The molecule has 2 heterocycles. The van der Waals surface area contributed by atoms with Crippen molar-refractivity contribution in [2.24, 2.45) is 4.99 Å². The maximum absolute atomic E-state index is 9.20. The normalized spacial score (nSPS) is 15.3. The smallest absolute Gasteiger partial charge is 0.213 e. The van der Waals surface area contributed by atoms with Gasteiger partial charge in [0.05, 0.1) is 24.6 Å². The number of likely N-dealkylation sites (tertiary alicyclic amines) is 1. The molecule has 1 fully saturated rings. The minimum atomic E-state index is 0.113. The monoisotopic (exact) mass is 382 g/mol. The standard InChI is InChI=1S/C20H22N4O2S/c1-25-19-8-7-16(14-22-19)23-20(27-2)24-11-9-17(10-12-24)26-18-6-4-3-5-15(18)13-21/h3-8,14,17H,9-12H2,1-2H3/b23-20+. The molecular weight excluding hydrogens is 360 g/mol. The predicted molar refractivity (Wildman–Crippen MR) is 108 cm³/mol. The number of hydrogen-bond acceptors (Lipinski definition) is 6. The number of para-hydroxylation sites is 1. The molecule has 0 radical (unpaired) electrons. The highest BCUT2D eigenvalue weighted by Crippen LogP contribution is 2.25. The number of nitrogens with zero attached hydrogens (tertiary/aromatic N) is 4. The molecule has 3 rings (SSSR count). The van der Waals surface area contributed by atoms with Gasteiger partial charge in [0.15, 0.2) is 5.17 Å². The number of amidine groups is 1. The molecule has 0 N–H and O–H groups in total. The van der Waals surface area contributed by atoms with Crippen molar-refractivity contribution in [3.05, 3.63) is 48.2 Å². The number of nitriles is 1. The van der Waals surface area contributed by atoms with Gasteiger partial charge in [-0.15, -0.1) is 0 Å². The average Bonchev–Trinajstić information content (AvgIpc) is 2.73. The SMILES string of the molecule is COc1ccc(/N=C(/SC)N2CCC(Oc3ccccc3C#N)CC2)cn1. The second kappa shape index (κ2) is 9.28. The second-order valence-corrected chi connectivity index (χ2v) is 6.84. The van der Waals surface area contributed by atoms with Gasteiger partial charge in [0, 0.05) is 32.0 Å². The molecule has 1 saturated heterocycles. The molecule has 0 unspecified atom stereocenters. The lowest BCUT2D eigenvalue weighted by Crippen LogP contribution is -2.40. The summed E-state index contributed by atoms with van der Waals surface area (Å²) in [6.07, 6.45) is 5.63. The molecule has 0 saturated carbocycles. The van der Waals surface area contributed by atoms with E-state index in [1.54, 1.807) is 31.1 Å². The molecule has 1 aliphatic rings. The van der Waals surface area contributed by atoms with E-state index < -0.39 is 0 Å². The van der Waals surface area contributed by atoms with E-state index in [0.29, 0.717) is 17.2 Å². The van der Waals surface area contributed by atoms with Crippen LogP contribution in [-0.4, -0.2) is 47.6 Å². The Bertz CT molecular complexity index is 825. The lowest BCUT2D eigenvalue weighted by atomic mass is 10.1. The highest BCUT2D eigenvalue weighted by molar-refractivity contribution is 8.13. The summed E-state index contributed by atoms with van der Waals surface area (Å²) in [5.41, 5.74) is 1.39. The van der Waals surface area contributed by atoms with Crippen molar-refractivity contribution in [3.63, 3.8) is 0 Å². The average molecular weight is 382 g/mol. The van der Waals surface area contributed by atoms with Gasteiger partial charge in [-0.05, 0) is 24.5 Å². The summed E-state index contributed by atoms with van der Waals surface area (Å²) in [5.74, 6) is 1.25. The summed E-state index contributed by atoms with van der Waals surface area (Å²) in [6.45, 7) is 1.73. The van der Waals surface area contributed by atoms with Crippen LogP contribution in [0.2, 0.25) is 0 Å². The lowest BCUT2D eigenvalue weighted by Gasteiger charge is -2.33. The Morgan fingerprint density at radius 2 is 2.04 bits per heavy atom. The third-order valence-electron chi connectivity index (χ3n) is 4.35. The molecule has 0 aliphatic carbocycles. The molecule has 1 aromatic carbocycles. The highest BCUT2D eigenvalue weighted by atomic mass is 32.2. The fraction of sp³-hybridized carbons (Fsp3) is 0.350. The fourth-order valence-electron chi connectivity index (χ4n) is 2.92. The first kappa shape index (κ1) is 19.1.